The number of fused-ring (bicyclic) bond motifs is 2. The summed E-state index contributed by atoms with van der Waals surface area (Å²) >= 11 is 0. The summed E-state index contributed by atoms with van der Waals surface area (Å²) < 4.78 is 5.85. The van der Waals surface area contributed by atoms with E-state index in [-0.39, 0.29) is 6.10 Å². The van der Waals surface area contributed by atoms with E-state index in [0.717, 1.165) is 55.8 Å². The van der Waals surface area contributed by atoms with Gasteiger partial charge in [-0.15, -0.1) is 0 Å². The van der Waals surface area contributed by atoms with Gasteiger partial charge in [0.1, 0.15) is 0 Å². The Balaban J connectivity index is 1.32. The van der Waals surface area contributed by atoms with Crippen LogP contribution in [-0.4, -0.2) is 49.0 Å². The third-order valence-corrected chi connectivity index (χ3v) is 5.94. The SMILES string of the molecule is C[C@@H]1C[C@H](C)CN(C[C@H](O)COC[C@@H]2C[C@H]3CC[C@H]2C3)C1. The van der Waals surface area contributed by atoms with Crippen LogP contribution in [-0.2, 0) is 4.74 Å². The molecule has 2 bridgehead atoms. The molecule has 2 saturated carbocycles. The van der Waals surface area contributed by atoms with E-state index in [9.17, 15) is 5.11 Å². The predicted molar refractivity (Wildman–Crippen MR) is 85.1 cm³/mol. The molecule has 122 valence electrons. The lowest BCUT2D eigenvalue weighted by Gasteiger charge is -2.36. The second-order valence-corrected chi connectivity index (χ2v) is 8.29. The van der Waals surface area contributed by atoms with E-state index >= 15 is 0 Å². The number of hydrogen-bond acceptors (Lipinski definition) is 3. The molecule has 0 radical (unpaired) electrons. The van der Waals surface area contributed by atoms with Gasteiger partial charge in [0.2, 0.25) is 0 Å². The van der Waals surface area contributed by atoms with Gasteiger partial charge in [-0.2, -0.15) is 0 Å². The monoisotopic (exact) mass is 295 g/mol. The average Bonchev–Trinajstić information content (AvgIpc) is 2.99. The fourth-order valence-electron chi connectivity index (χ4n) is 5.23. The summed E-state index contributed by atoms with van der Waals surface area (Å²) in [4.78, 5) is 2.42. The van der Waals surface area contributed by atoms with Crippen molar-refractivity contribution < 1.29 is 9.84 Å². The topological polar surface area (TPSA) is 32.7 Å². The predicted octanol–water partition coefficient (Wildman–Crippen LogP) is 2.78. The lowest BCUT2D eigenvalue weighted by atomic mass is 9.89. The smallest absolute Gasteiger partial charge is 0.0900 e. The van der Waals surface area contributed by atoms with Crippen molar-refractivity contribution in [3.8, 4) is 0 Å². The van der Waals surface area contributed by atoms with Crippen LogP contribution in [0.4, 0.5) is 0 Å². The summed E-state index contributed by atoms with van der Waals surface area (Å²) in [5, 5.41) is 10.2. The Morgan fingerprint density at radius 2 is 1.86 bits per heavy atom. The molecule has 0 aromatic carbocycles. The number of aliphatic hydroxyl groups is 1. The molecule has 1 saturated heterocycles. The molecule has 0 aromatic rings. The van der Waals surface area contributed by atoms with Crippen LogP contribution in [0.3, 0.4) is 0 Å². The van der Waals surface area contributed by atoms with E-state index in [4.69, 9.17) is 4.74 Å². The lowest BCUT2D eigenvalue weighted by molar-refractivity contribution is -0.0105. The highest BCUT2D eigenvalue weighted by Crippen LogP contribution is 2.48. The minimum Gasteiger partial charge on any atom is -0.389 e. The molecule has 0 unspecified atom stereocenters. The standard InChI is InChI=1S/C18H33NO2/c1-13-5-14(2)9-19(8-13)10-18(20)12-21-11-17-7-15-3-4-16(17)6-15/h13-18,20H,3-12H2,1-2H3/t13-,14+,15-,16-,17-,18-/m0/s1. The molecule has 0 aromatic heterocycles. The van der Waals surface area contributed by atoms with E-state index in [1.807, 2.05) is 0 Å². The average molecular weight is 295 g/mol. The molecule has 21 heavy (non-hydrogen) atoms. The quantitative estimate of drug-likeness (QED) is 0.818. The number of β-amino-alcohol motifs (C(OH)–C–C–N with tert-alkyl or cyclic N) is 1. The summed E-state index contributed by atoms with van der Waals surface area (Å²) in [5.74, 6) is 4.22. The van der Waals surface area contributed by atoms with E-state index < -0.39 is 0 Å². The molecule has 0 spiro atoms. The van der Waals surface area contributed by atoms with Gasteiger partial charge in [-0.25, -0.2) is 0 Å². The number of likely N-dealkylation sites (tertiary alicyclic amines) is 1. The summed E-state index contributed by atoms with van der Waals surface area (Å²) in [7, 11) is 0. The Morgan fingerprint density at radius 1 is 1.10 bits per heavy atom. The summed E-state index contributed by atoms with van der Waals surface area (Å²) in [6.45, 7) is 9.09. The molecular formula is C18H33NO2. The minimum atomic E-state index is -0.318. The van der Waals surface area contributed by atoms with Crippen LogP contribution < -0.4 is 0 Å². The van der Waals surface area contributed by atoms with Crippen LogP contribution in [0.25, 0.3) is 0 Å². The maximum absolute atomic E-state index is 10.2. The normalized spacial score (nSPS) is 41.6. The highest BCUT2D eigenvalue weighted by atomic mass is 16.5. The van der Waals surface area contributed by atoms with Crippen molar-refractivity contribution in [3.05, 3.63) is 0 Å². The second-order valence-electron chi connectivity index (χ2n) is 8.29. The molecule has 1 N–H and O–H groups in total. The van der Waals surface area contributed by atoms with Gasteiger partial charge in [0.25, 0.3) is 0 Å². The molecule has 3 fully saturated rings. The summed E-state index contributed by atoms with van der Waals surface area (Å²) in [5.41, 5.74) is 0. The number of ether oxygens (including phenoxy) is 1. The first-order valence-corrected chi connectivity index (χ1v) is 9.08. The van der Waals surface area contributed by atoms with Crippen LogP contribution >= 0.6 is 0 Å². The number of aliphatic hydroxyl groups excluding tert-OH is 1. The molecule has 3 heteroatoms. The third-order valence-electron chi connectivity index (χ3n) is 5.94. The molecule has 3 nitrogen and oxygen atoms in total. The first-order chi connectivity index (χ1) is 10.1. The Kier molecular flexibility index (Phi) is 5.23. The molecule has 3 rings (SSSR count). The van der Waals surface area contributed by atoms with Crippen molar-refractivity contribution in [3.63, 3.8) is 0 Å². The minimum absolute atomic E-state index is 0.318. The van der Waals surface area contributed by atoms with Crippen LogP contribution in [0.2, 0.25) is 0 Å². The Bertz CT molecular complexity index is 325. The molecule has 0 amide bonds. The van der Waals surface area contributed by atoms with Gasteiger partial charge in [0, 0.05) is 26.2 Å². The molecule has 3 aliphatic rings. The first kappa shape index (κ1) is 15.8. The van der Waals surface area contributed by atoms with Gasteiger partial charge < -0.3 is 14.7 Å². The van der Waals surface area contributed by atoms with Gasteiger partial charge >= 0.3 is 0 Å². The van der Waals surface area contributed by atoms with Crippen LogP contribution in [0.1, 0.15) is 46.0 Å². The van der Waals surface area contributed by atoms with Gasteiger partial charge in [-0.3, -0.25) is 0 Å². The zero-order valence-electron chi connectivity index (χ0n) is 13.8. The molecule has 2 aliphatic carbocycles. The maximum Gasteiger partial charge on any atom is 0.0900 e. The van der Waals surface area contributed by atoms with E-state index in [1.54, 1.807) is 0 Å². The molecule has 1 aliphatic heterocycles. The van der Waals surface area contributed by atoms with E-state index in [0.29, 0.717) is 6.61 Å². The van der Waals surface area contributed by atoms with Crippen molar-refractivity contribution in [2.24, 2.45) is 29.6 Å². The van der Waals surface area contributed by atoms with Gasteiger partial charge in [-0.05, 0) is 55.3 Å². The van der Waals surface area contributed by atoms with Gasteiger partial charge in [0.05, 0.1) is 12.7 Å². The number of rotatable bonds is 6. The fraction of sp³-hybridized carbons (Fsp3) is 1.00. The van der Waals surface area contributed by atoms with Crippen LogP contribution in [0, 0.1) is 29.6 Å². The number of nitrogens with zero attached hydrogens (tertiary/aromatic N) is 1. The summed E-state index contributed by atoms with van der Waals surface area (Å²) in [6, 6.07) is 0. The molecule has 1 heterocycles. The highest BCUT2D eigenvalue weighted by molar-refractivity contribution is 4.89. The largest absolute Gasteiger partial charge is 0.389 e. The first-order valence-electron chi connectivity index (χ1n) is 9.08. The Morgan fingerprint density at radius 3 is 2.48 bits per heavy atom. The second kappa shape index (κ2) is 6.97. The maximum atomic E-state index is 10.2. The number of hydrogen-bond donors (Lipinski definition) is 1. The van der Waals surface area contributed by atoms with Crippen molar-refractivity contribution in [2.45, 2.75) is 52.1 Å². The zero-order valence-corrected chi connectivity index (χ0v) is 13.8. The highest BCUT2D eigenvalue weighted by Gasteiger charge is 2.39. The Hall–Kier alpha value is -0.120. The fourth-order valence-corrected chi connectivity index (χ4v) is 5.23. The van der Waals surface area contributed by atoms with Crippen LogP contribution in [0.5, 0.6) is 0 Å². The molecular weight excluding hydrogens is 262 g/mol. The lowest BCUT2D eigenvalue weighted by Crippen LogP contribution is -2.43. The van der Waals surface area contributed by atoms with Gasteiger partial charge in [0.15, 0.2) is 0 Å². The zero-order chi connectivity index (χ0) is 14.8. The molecule has 6 atom stereocenters. The summed E-state index contributed by atoms with van der Waals surface area (Å²) in [6.07, 6.45) is 6.70. The van der Waals surface area contributed by atoms with Crippen molar-refractivity contribution in [1.82, 2.24) is 4.90 Å². The van der Waals surface area contributed by atoms with Gasteiger partial charge in [-0.1, -0.05) is 20.3 Å². The van der Waals surface area contributed by atoms with Crippen molar-refractivity contribution in [2.75, 3.05) is 32.8 Å². The van der Waals surface area contributed by atoms with Crippen molar-refractivity contribution >= 4 is 0 Å². The Labute approximate surface area is 130 Å². The van der Waals surface area contributed by atoms with E-state index in [2.05, 4.69) is 18.7 Å². The number of piperidine rings is 1. The van der Waals surface area contributed by atoms with Crippen molar-refractivity contribution in [1.29, 1.82) is 0 Å². The third kappa shape index (κ3) is 4.20. The van der Waals surface area contributed by atoms with Crippen LogP contribution in [0.15, 0.2) is 0 Å². The van der Waals surface area contributed by atoms with E-state index in [1.165, 1.54) is 32.1 Å².